The number of amides is 3. The summed E-state index contributed by atoms with van der Waals surface area (Å²) in [7, 11) is 1.64. The highest BCUT2D eigenvalue weighted by atomic mass is 19.4. The van der Waals surface area contributed by atoms with Gasteiger partial charge in [-0.15, -0.1) is 0 Å². The molecule has 0 bridgehead atoms. The van der Waals surface area contributed by atoms with Crippen molar-refractivity contribution in [3.8, 4) is 0 Å². The van der Waals surface area contributed by atoms with Crippen LogP contribution in [0.3, 0.4) is 0 Å². The van der Waals surface area contributed by atoms with Crippen LogP contribution in [0.5, 0.6) is 0 Å². The number of carbonyl (C=O) groups is 2. The second kappa shape index (κ2) is 10.5. The lowest BCUT2D eigenvalue weighted by Gasteiger charge is -2.34. The summed E-state index contributed by atoms with van der Waals surface area (Å²) in [5.41, 5.74) is 3.93. The number of fused-ring (bicyclic) bond motifs is 1. The van der Waals surface area contributed by atoms with Crippen molar-refractivity contribution >= 4 is 11.9 Å². The lowest BCUT2D eigenvalue weighted by Crippen LogP contribution is -2.51. The molecule has 4 rings (SSSR count). The van der Waals surface area contributed by atoms with E-state index in [1.54, 1.807) is 12.0 Å². The van der Waals surface area contributed by atoms with Gasteiger partial charge in [0.2, 0.25) is 5.91 Å². The van der Waals surface area contributed by atoms with Crippen molar-refractivity contribution in [1.29, 1.82) is 0 Å². The summed E-state index contributed by atoms with van der Waals surface area (Å²) in [6, 6.07) is 1.89. The first kappa shape index (κ1) is 26.6. The van der Waals surface area contributed by atoms with Crippen molar-refractivity contribution < 1.29 is 36.6 Å². The molecule has 8 nitrogen and oxygen atoms in total. The highest BCUT2D eigenvalue weighted by Crippen LogP contribution is 2.51. The minimum absolute atomic E-state index is 0.0194. The molecule has 5 atom stereocenters. The standard InChI is InChI=1S/C24H32F4N4O4/c1-35-20-12-36-3-2-19(20)31-18-7-16-11-32(22(29)34)13-23(16,8-18)9-21(33)30-10-14-4-15(24(26,27)28)6-17(25)5-14/h4-6,16,18-20,31H,2-3,7-13H2,1H3,(H2,29,34)(H,30,33). The van der Waals surface area contributed by atoms with Gasteiger partial charge in [-0.2, -0.15) is 13.2 Å². The van der Waals surface area contributed by atoms with Crippen molar-refractivity contribution in [3.63, 3.8) is 0 Å². The smallest absolute Gasteiger partial charge is 0.379 e. The Balaban J connectivity index is 1.42. The first-order valence-electron chi connectivity index (χ1n) is 12.0. The van der Waals surface area contributed by atoms with Crippen LogP contribution in [-0.2, 0) is 27.0 Å². The van der Waals surface area contributed by atoms with E-state index >= 15 is 0 Å². The molecule has 2 heterocycles. The molecule has 0 aromatic heterocycles. The Morgan fingerprint density at radius 3 is 2.78 bits per heavy atom. The molecule has 2 aliphatic heterocycles. The molecule has 4 N–H and O–H groups in total. The van der Waals surface area contributed by atoms with Crippen LogP contribution in [0, 0.1) is 17.2 Å². The van der Waals surface area contributed by atoms with E-state index in [0.29, 0.717) is 38.8 Å². The maximum absolute atomic E-state index is 13.7. The first-order chi connectivity index (χ1) is 17.0. The molecule has 3 fully saturated rings. The van der Waals surface area contributed by atoms with Gasteiger partial charge < -0.3 is 30.7 Å². The SMILES string of the molecule is COC1COCCC1NC1CC2CN(C(N)=O)CC2(CC(=O)NCc2cc(F)cc(C(F)(F)F)c2)C1. The van der Waals surface area contributed by atoms with Crippen LogP contribution in [0.2, 0.25) is 0 Å². The Labute approximate surface area is 206 Å². The van der Waals surface area contributed by atoms with E-state index in [1.165, 1.54) is 0 Å². The minimum Gasteiger partial charge on any atom is -0.379 e. The Hall–Kier alpha value is -2.44. The topological polar surface area (TPSA) is 106 Å². The van der Waals surface area contributed by atoms with Gasteiger partial charge in [0, 0.05) is 57.3 Å². The molecule has 12 heteroatoms. The van der Waals surface area contributed by atoms with E-state index in [4.69, 9.17) is 15.2 Å². The van der Waals surface area contributed by atoms with Gasteiger partial charge in [-0.3, -0.25) is 4.79 Å². The van der Waals surface area contributed by atoms with E-state index in [1.807, 2.05) is 0 Å². The maximum atomic E-state index is 13.7. The van der Waals surface area contributed by atoms with Gasteiger partial charge in [0.25, 0.3) is 0 Å². The number of benzene rings is 1. The van der Waals surface area contributed by atoms with Gasteiger partial charge in [-0.1, -0.05) is 0 Å². The monoisotopic (exact) mass is 516 g/mol. The number of primary amides is 1. The summed E-state index contributed by atoms with van der Waals surface area (Å²) < 4.78 is 63.7. The third kappa shape index (κ3) is 5.92. The maximum Gasteiger partial charge on any atom is 0.416 e. The van der Waals surface area contributed by atoms with Crippen LogP contribution < -0.4 is 16.4 Å². The van der Waals surface area contributed by atoms with Gasteiger partial charge >= 0.3 is 12.2 Å². The van der Waals surface area contributed by atoms with E-state index in [0.717, 1.165) is 25.0 Å². The molecule has 1 saturated carbocycles. The normalized spacial score (nSPS) is 30.3. The number of nitrogens with zero attached hydrogens (tertiary/aromatic N) is 1. The van der Waals surface area contributed by atoms with Crippen LogP contribution in [-0.4, -0.2) is 68.4 Å². The lowest BCUT2D eigenvalue weighted by atomic mass is 9.77. The number of urea groups is 1. The Morgan fingerprint density at radius 1 is 1.31 bits per heavy atom. The number of nitrogens with one attached hydrogen (secondary N) is 2. The number of hydrogen-bond acceptors (Lipinski definition) is 5. The molecule has 5 unspecified atom stereocenters. The fraction of sp³-hybridized carbons (Fsp3) is 0.667. The molecule has 1 aromatic rings. The average molecular weight is 517 g/mol. The average Bonchev–Trinajstić information content (AvgIpc) is 3.30. The Bertz CT molecular complexity index is 978. The van der Waals surface area contributed by atoms with Crippen molar-refractivity contribution in [2.75, 3.05) is 33.4 Å². The third-order valence-electron chi connectivity index (χ3n) is 7.69. The zero-order valence-electron chi connectivity index (χ0n) is 20.1. The Kier molecular flexibility index (Phi) is 7.77. The number of ether oxygens (including phenoxy) is 2. The van der Waals surface area contributed by atoms with E-state index in [-0.39, 0.29) is 48.5 Å². The van der Waals surface area contributed by atoms with E-state index in [2.05, 4.69) is 10.6 Å². The van der Waals surface area contributed by atoms with Gasteiger partial charge in [-0.05, 0) is 48.9 Å². The summed E-state index contributed by atoms with van der Waals surface area (Å²) in [6.07, 6.45) is -2.48. The van der Waals surface area contributed by atoms with Gasteiger partial charge in [-0.25, -0.2) is 9.18 Å². The number of methoxy groups -OCH3 is 1. The summed E-state index contributed by atoms with van der Waals surface area (Å²) in [4.78, 5) is 26.3. The number of likely N-dealkylation sites (tertiary alicyclic amines) is 1. The highest BCUT2D eigenvalue weighted by Gasteiger charge is 2.54. The molecule has 36 heavy (non-hydrogen) atoms. The number of halogens is 4. The second-order valence-electron chi connectivity index (χ2n) is 10.1. The summed E-state index contributed by atoms with van der Waals surface area (Å²) in [5.74, 6) is -1.35. The molecule has 0 spiro atoms. The minimum atomic E-state index is -4.69. The molecule has 1 aromatic carbocycles. The third-order valence-corrected chi connectivity index (χ3v) is 7.69. The summed E-state index contributed by atoms with van der Waals surface area (Å²) in [5, 5.41) is 6.29. The summed E-state index contributed by atoms with van der Waals surface area (Å²) in [6.45, 7) is 1.68. The molecule has 3 amide bonds. The predicted molar refractivity (Wildman–Crippen MR) is 121 cm³/mol. The zero-order chi connectivity index (χ0) is 26.1. The molecular weight excluding hydrogens is 484 g/mol. The highest BCUT2D eigenvalue weighted by molar-refractivity contribution is 5.77. The predicted octanol–water partition coefficient (Wildman–Crippen LogP) is 2.40. The zero-order valence-corrected chi connectivity index (χ0v) is 20.1. The first-order valence-corrected chi connectivity index (χ1v) is 12.0. The number of rotatable bonds is 7. The van der Waals surface area contributed by atoms with Crippen LogP contribution in [0.15, 0.2) is 18.2 Å². The molecule has 0 radical (unpaired) electrons. The largest absolute Gasteiger partial charge is 0.416 e. The van der Waals surface area contributed by atoms with Gasteiger partial charge in [0.05, 0.1) is 18.3 Å². The van der Waals surface area contributed by atoms with Crippen LogP contribution in [0.25, 0.3) is 0 Å². The molecular formula is C24H32F4N4O4. The molecule has 1 aliphatic carbocycles. The van der Waals surface area contributed by atoms with Gasteiger partial charge in [0.15, 0.2) is 0 Å². The van der Waals surface area contributed by atoms with Crippen molar-refractivity contribution in [2.45, 2.75) is 56.6 Å². The summed E-state index contributed by atoms with van der Waals surface area (Å²) >= 11 is 0. The number of hydrogen-bond donors (Lipinski definition) is 3. The molecule has 3 aliphatic rings. The van der Waals surface area contributed by atoms with Crippen LogP contribution in [0.1, 0.15) is 36.8 Å². The van der Waals surface area contributed by atoms with Crippen LogP contribution >= 0.6 is 0 Å². The quantitative estimate of drug-likeness (QED) is 0.483. The van der Waals surface area contributed by atoms with Crippen LogP contribution in [0.4, 0.5) is 22.4 Å². The fourth-order valence-corrected chi connectivity index (χ4v) is 6.01. The van der Waals surface area contributed by atoms with E-state index in [9.17, 15) is 27.2 Å². The van der Waals surface area contributed by atoms with E-state index < -0.39 is 29.0 Å². The fourth-order valence-electron chi connectivity index (χ4n) is 6.01. The second-order valence-corrected chi connectivity index (χ2v) is 10.1. The Morgan fingerprint density at radius 2 is 2.08 bits per heavy atom. The van der Waals surface area contributed by atoms with Crippen molar-refractivity contribution in [2.24, 2.45) is 17.1 Å². The van der Waals surface area contributed by atoms with Crippen molar-refractivity contribution in [1.82, 2.24) is 15.5 Å². The van der Waals surface area contributed by atoms with Gasteiger partial charge in [0.1, 0.15) is 5.82 Å². The molecule has 2 saturated heterocycles. The van der Waals surface area contributed by atoms with Crippen molar-refractivity contribution in [3.05, 3.63) is 35.1 Å². The lowest BCUT2D eigenvalue weighted by molar-refractivity contribution is -0.137. The molecule has 200 valence electrons. The number of alkyl halides is 3. The number of carbonyl (C=O) groups excluding carboxylic acids is 2. The number of nitrogens with two attached hydrogens (primary N) is 1.